The van der Waals surface area contributed by atoms with Gasteiger partial charge >= 0.3 is 6.61 Å². The van der Waals surface area contributed by atoms with Gasteiger partial charge in [-0.1, -0.05) is 44.2 Å². The lowest BCUT2D eigenvalue weighted by molar-refractivity contribution is -0.118. The second kappa shape index (κ2) is 7.83. The number of ether oxygens (including phenoxy) is 1. The van der Waals surface area contributed by atoms with Crippen molar-refractivity contribution >= 4 is 11.6 Å². The van der Waals surface area contributed by atoms with Crippen molar-refractivity contribution in [3.05, 3.63) is 82.7 Å². The van der Waals surface area contributed by atoms with Gasteiger partial charge in [-0.05, 0) is 48.6 Å². The number of rotatable bonds is 4. The number of aromatic nitrogens is 2. The molecule has 1 aliphatic heterocycles. The molecule has 2 heterocycles. The quantitative estimate of drug-likeness (QED) is 0.532. The Balaban J connectivity index is 1.69. The third-order valence-electron chi connectivity index (χ3n) is 6.31. The molecule has 0 radical (unpaired) electrons. The highest BCUT2D eigenvalue weighted by Gasteiger charge is 2.43. The van der Waals surface area contributed by atoms with Crippen LogP contribution < -0.4 is 10.1 Å². The molecule has 1 aliphatic carbocycles. The number of carbonyl (C=O) groups is 1. The van der Waals surface area contributed by atoms with E-state index in [1.54, 1.807) is 12.1 Å². The standard InChI is InChI=1S/C26H25F2N3O2/c1-15-21-22(16-9-11-18(12-10-16)33-25(27)28)23-19(13-26(2,3)14-20(23)32)29-24(21)31(30-15)17-7-5-4-6-8-17/h4-12,22,25,29H,13-14H2,1-3H3. The summed E-state index contributed by atoms with van der Waals surface area (Å²) in [6.45, 7) is 3.24. The van der Waals surface area contributed by atoms with Crippen LogP contribution in [-0.2, 0) is 4.79 Å². The number of anilines is 1. The monoisotopic (exact) mass is 449 g/mol. The number of para-hydroxylation sites is 1. The third kappa shape index (κ3) is 3.81. The van der Waals surface area contributed by atoms with Crippen LogP contribution in [-0.4, -0.2) is 22.2 Å². The van der Waals surface area contributed by atoms with Crippen LogP contribution in [0, 0.1) is 12.3 Å². The molecule has 0 bridgehead atoms. The molecule has 5 rings (SSSR count). The maximum absolute atomic E-state index is 13.4. The summed E-state index contributed by atoms with van der Waals surface area (Å²) in [4.78, 5) is 13.4. The number of aryl methyl sites for hydroxylation is 1. The van der Waals surface area contributed by atoms with Gasteiger partial charge in [0.15, 0.2) is 5.78 Å². The fourth-order valence-corrected chi connectivity index (χ4v) is 5.00. The molecule has 33 heavy (non-hydrogen) atoms. The number of fused-ring (bicyclic) bond motifs is 1. The number of hydrogen-bond donors (Lipinski definition) is 1. The Morgan fingerprint density at radius 1 is 1.09 bits per heavy atom. The predicted octanol–water partition coefficient (Wildman–Crippen LogP) is 5.98. The second-order valence-electron chi connectivity index (χ2n) is 9.43. The van der Waals surface area contributed by atoms with Crippen molar-refractivity contribution < 1.29 is 18.3 Å². The van der Waals surface area contributed by atoms with E-state index in [1.165, 1.54) is 12.1 Å². The van der Waals surface area contributed by atoms with Crippen LogP contribution in [0.15, 0.2) is 65.9 Å². The summed E-state index contributed by atoms with van der Waals surface area (Å²) in [7, 11) is 0. The lowest BCUT2D eigenvalue weighted by atomic mass is 9.69. The van der Waals surface area contributed by atoms with E-state index >= 15 is 0 Å². The zero-order valence-electron chi connectivity index (χ0n) is 18.7. The first kappa shape index (κ1) is 21.4. The molecule has 1 unspecified atom stereocenters. The van der Waals surface area contributed by atoms with Gasteiger partial charge in [-0.15, -0.1) is 0 Å². The molecule has 0 saturated heterocycles. The summed E-state index contributed by atoms with van der Waals surface area (Å²) < 4.78 is 31.7. The van der Waals surface area contributed by atoms with E-state index in [9.17, 15) is 13.6 Å². The van der Waals surface area contributed by atoms with Crippen LogP contribution >= 0.6 is 0 Å². The number of halogens is 2. The van der Waals surface area contributed by atoms with Crippen LogP contribution in [0.3, 0.4) is 0 Å². The summed E-state index contributed by atoms with van der Waals surface area (Å²) in [5, 5.41) is 8.35. The van der Waals surface area contributed by atoms with E-state index in [-0.39, 0.29) is 22.9 Å². The van der Waals surface area contributed by atoms with Gasteiger partial charge in [-0.2, -0.15) is 13.9 Å². The Bertz CT molecular complexity index is 1240. The van der Waals surface area contributed by atoms with Crippen LogP contribution in [0.4, 0.5) is 14.6 Å². The van der Waals surface area contributed by atoms with Crippen molar-refractivity contribution in [3.63, 3.8) is 0 Å². The fourth-order valence-electron chi connectivity index (χ4n) is 5.00. The topological polar surface area (TPSA) is 56.2 Å². The van der Waals surface area contributed by atoms with E-state index in [2.05, 4.69) is 23.9 Å². The predicted molar refractivity (Wildman–Crippen MR) is 122 cm³/mol. The Hall–Kier alpha value is -3.48. The maximum atomic E-state index is 13.4. The lowest BCUT2D eigenvalue weighted by Crippen LogP contribution is -2.34. The van der Waals surface area contributed by atoms with Crippen molar-refractivity contribution in [2.45, 2.75) is 46.1 Å². The number of benzene rings is 2. The van der Waals surface area contributed by atoms with E-state index < -0.39 is 6.61 Å². The van der Waals surface area contributed by atoms with Crippen molar-refractivity contribution in [3.8, 4) is 11.4 Å². The van der Waals surface area contributed by atoms with Crippen LogP contribution in [0.25, 0.3) is 5.69 Å². The summed E-state index contributed by atoms with van der Waals surface area (Å²) in [6, 6.07) is 16.4. The molecule has 0 amide bonds. The average Bonchev–Trinajstić information content (AvgIpc) is 3.08. The number of alkyl halides is 2. The molecule has 1 atom stereocenters. The van der Waals surface area contributed by atoms with Crippen molar-refractivity contribution in [1.29, 1.82) is 0 Å². The number of allylic oxidation sites excluding steroid dienone is 2. The Kier molecular flexibility index (Phi) is 5.07. The van der Waals surface area contributed by atoms with Crippen LogP contribution in [0.5, 0.6) is 5.75 Å². The molecule has 0 fully saturated rings. The normalized spacial score (nSPS) is 19.2. The van der Waals surface area contributed by atoms with Gasteiger partial charge in [0.25, 0.3) is 0 Å². The summed E-state index contributed by atoms with van der Waals surface area (Å²) in [5.41, 5.74) is 4.97. The zero-order valence-corrected chi connectivity index (χ0v) is 18.7. The number of nitrogens with zero attached hydrogens (tertiary/aromatic N) is 2. The molecule has 5 nitrogen and oxygen atoms in total. The minimum atomic E-state index is -2.89. The number of nitrogens with one attached hydrogen (secondary N) is 1. The highest BCUT2D eigenvalue weighted by atomic mass is 19.3. The van der Waals surface area contributed by atoms with E-state index in [0.29, 0.717) is 6.42 Å². The smallest absolute Gasteiger partial charge is 0.387 e. The minimum absolute atomic E-state index is 0.0879. The number of ketones is 1. The molecule has 170 valence electrons. The van der Waals surface area contributed by atoms with Gasteiger partial charge in [0.05, 0.1) is 11.4 Å². The second-order valence-corrected chi connectivity index (χ2v) is 9.43. The lowest BCUT2D eigenvalue weighted by Gasteiger charge is -2.38. The first-order valence-corrected chi connectivity index (χ1v) is 11.0. The van der Waals surface area contributed by atoms with Gasteiger partial charge in [0.2, 0.25) is 0 Å². The molecule has 3 aromatic rings. The maximum Gasteiger partial charge on any atom is 0.387 e. The number of hydrogen-bond acceptors (Lipinski definition) is 4. The van der Waals surface area contributed by atoms with Crippen LogP contribution in [0.1, 0.15) is 49.4 Å². The van der Waals surface area contributed by atoms with Gasteiger partial charge < -0.3 is 10.1 Å². The highest BCUT2D eigenvalue weighted by Crippen LogP contribution is 2.50. The van der Waals surface area contributed by atoms with Crippen molar-refractivity contribution in [2.24, 2.45) is 5.41 Å². The zero-order chi connectivity index (χ0) is 23.3. The Morgan fingerprint density at radius 3 is 2.45 bits per heavy atom. The van der Waals surface area contributed by atoms with E-state index in [4.69, 9.17) is 5.10 Å². The van der Waals surface area contributed by atoms with Gasteiger partial charge in [-0.3, -0.25) is 4.79 Å². The highest BCUT2D eigenvalue weighted by molar-refractivity contribution is 6.01. The molecular weight excluding hydrogens is 424 g/mol. The SMILES string of the molecule is Cc1nn(-c2ccccc2)c2c1C(c1ccc(OC(F)F)cc1)C1=C(CC(C)(C)CC1=O)N2. The molecular formula is C26H25F2N3O2. The molecule has 0 saturated carbocycles. The Labute approximate surface area is 191 Å². The first-order valence-electron chi connectivity index (χ1n) is 11.0. The first-order chi connectivity index (χ1) is 15.7. The molecule has 0 spiro atoms. The molecule has 1 aromatic heterocycles. The van der Waals surface area contributed by atoms with Crippen LogP contribution in [0.2, 0.25) is 0 Å². The minimum Gasteiger partial charge on any atom is -0.435 e. The molecule has 2 aliphatic rings. The third-order valence-corrected chi connectivity index (χ3v) is 6.31. The van der Waals surface area contributed by atoms with Gasteiger partial charge in [0, 0.05) is 29.2 Å². The van der Waals surface area contributed by atoms with Gasteiger partial charge in [-0.25, -0.2) is 4.68 Å². The average molecular weight is 450 g/mol. The van der Waals surface area contributed by atoms with Crippen molar-refractivity contribution in [2.75, 3.05) is 5.32 Å². The molecule has 2 aromatic carbocycles. The number of carbonyl (C=O) groups excluding carboxylic acids is 1. The summed E-state index contributed by atoms with van der Waals surface area (Å²) >= 11 is 0. The van der Waals surface area contributed by atoms with E-state index in [0.717, 1.165) is 46.0 Å². The summed E-state index contributed by atoms with van der Waals surface area (Å²) in [6.07, 6.45) is 1.19. The molecule has 7 heteroatoms. The van der Waals surface area contributed by atoms with Gasteiger partial charge in [0.1, 0.15) is 11.6 Å². The van der Waals surface area contributed by atoms with Crippen molar-refractivity contribution in [1.82, 2.24) is 9.78 Å². The number of Topliss-reactive ketones (excluding diaryl/α,β-unsaturated/α-hetero) is 1. The molecule has 1 N–H and O–H groups in total. The van der Waals surface area contributed by atoms with E-state index in [1.807, 2.05) is 41.9 Å². The summed E-state index contributed by atoms with van der Waals surface area (Å²) in [5.74, 6) is 0.688. The largest absolute Gasteiger partial charge is 0.435 e. The fraction of sp³-hybridized carbons (Fsp3) is 0.308. The Morgan fingerprint density at radius 2 is 1.79 bits per heavy atom.